The first-order chi connectivity index (χ1) is 7.59. The van der Waals surface area contributed by atoms with Gasteiger partial charge >= 0.3 is 0 Å². The Bertz CT molecular complexity index is 329. The highest BCUT2D eigenvalue weighted by molar-refractivity contribution is 5.22. The van der Waals surface area contributed by atoms with Crippen molar-refractivity contribution in [2.45, 2.75) is 32.4 Å². The molecule has 1 heterocycles. The fourth-order valence-corrected chi connectivity index (χ4v) is 1.12. The van der Waals surface area contributed by atoms with Gasteiger partial charge < -0.3 is 15.2 Å². The zero-order chi connectivity index (χ0) is 12.0. The standard InChI is InChI=1S/C11H19N3O2/c1-11(2,15-3)5-7-16-10-9(8-12)4-6-13-14-10/h4,6H,5,7-8,12H2,1-3H3. The number of aromatic nitrogens is 2. The second-order valence-electron chi connectivity index (χ2n) is 4.13. The number of nitrogens with two attached hydrogens (primary N) is 1. The Morgan fingerprint density at radius 1 is 1.44 bits per heavy atom. The van der Waals surface area contributed by atoms with E-state index in [4.69, 9.17) is 15.2 Å². The van der Waals surface area contributed by atoms with E-state index in [0.29, 0.717) is 19.0 Å². The molecule has 0 radical (unpaired) electrons. The molecule has 5 heteroatoms. The Morgan fingerprint density at radius 3 is 2.81 bits per heavy atom. The summed E-state index contributed by atoms with van der Waals surface area (Å²) in [7, 11) is 1.69. The van der Waals surface area contributed by atoms with Crippen LogP contribution in [0.4, 0.5) is 0 Å². The minimum Gasteiger partial charge on any atom is -0.476 e. The van der Waals surface area contributed by atoms with Gasteiger partial charge in [0.1, 0.15) is 0 Å². The molecule has 1 rings (SSSR count). The summed E-state index contributed by atoms with van der Waals surface area (Å²) in [4.78, 5) is 0. The molecule has 0 bridgehead atoms. The highest BCUT2D eigenvalue weighted by Crippen LogP contribution is 2.16. The lowest BCUT2D eigenvalue weighted by Crippen LogP contribution is -2.25. The maximum Gasteiger partial charge on any atom is 0.237 e. The van der Waals surface area contributed by atoms with Gasteiger partial charge in [0.15, 0.2) is 0 Å². The van der Waals surface area contributed by atoms with Crippen molar-refractivity contribution >= 4 is 0 Å². The second kappa shape index (κ2) is 5.77. The summed E-state index contributed by atoms with van der Waals surface area (Å²) in [6.07, 6.45) is 2.39. The first-order valence-corrected chi connectivity index (χ1v) is 5.27. The zero-order valence-electron chi connectivity index (χ0n) is 10.1. The van der Waals surface area contributed by atoms with E-state index in [1.54, 1.807) is 13.3 Å². The van der Waals surface area contributed by atoms with Crippen LogP contribution in [0.25, 0.3) is 0 Å². The Morgan fingerprint density at radius 2 is 2.19 bits per heavy atom. The van der Waals surface area contributed by atoms with E-state index in [1.807, 2.05) is 19.9 Å². The van der Waals surface area contributed by atoms with Crippen LogP contribution in [0.1, 0.15) is 25.8 Å². The molecular formula is C11H19N3O2. The maximum absolute atomic E-state index is 5.56. The monoisotopic (exact) mass is 225 g/mol. The van der Waals surface area contributed by atoms with Gasteiger partial charge in [0.25, 0.3) is 0 Å². The molecular weight excluding hydrogens is 206 g/mol. The Hall–Kier alpha value is -1.20. The fraction of sp³-hybridized carbons (Fsp3) is 0.636. The molecule has 1 aromatic rings. The van der Waals surface area contributed by atoms with Crippen molar-refractivity contribution in [2.24, 2.45) is 5.73 Å². The smallest absolute Gasteiger partial charge is 0.237 e. The molecule has 0 unspecified atom stereocenters. The molecule has 0 saturated heterocycles. The van der Waals surface area contributed by atoms with Crippen LogP contribution in [0.2, 0.25) is 0 Å². The highest BCUT2D eigenvalue weighted by atomic mass is 16.5. The number of rotatable bonds is 6. The SMILES string of the molecule is COC(C)(C)CCOc1nnccc1CN. The summed E-state index contributed by atoms with van der Waals surface area (Å²) >= 11 is 0. The van der Waals surface area contributed by atoms with Gasteiger partial charge in [-0.3, -0.25) is 0 Å². The van der Waals surface area contributed by atoms with E-state index in [9.17, 15) is 0 Å². The van der Waals surface area contributed by atoms with Gasteiger partial charge in [-0.05, 0) is 19.9 Å². The van der Waals surface area contributed by atoms with Crippen LogP contribution in [0.15, 0.2) is 12.3 Å². The minimum atomic E-state index is -0.189. The van der Waals surface area contributed by atoms with Crippen molar-refractivity contribution < 1.29 is 9.47 Å². The van der Waals surface area contributed by atoms with Crippen molar-refractivity contribution in [3.8, 4) is 5.88 Å². The normalized spacial score (nSPS) is 11.5. The molecule has 90 valence electrons. The van der Waals surface area contributed by atoms with Crippen molar-refractivity contribution in [1.82, 2.24) is 10.2 Å². The quantitative estimate of drug-likeness (QED) is 0.785. The largest absolute Gasteiger partial charge is 0.476 e. The number of methoxy groups -OCH3 is 1. The van der Waals surface area contributed by atoms with Gasteiger partial charge in [-0.1, -0.05) is 0 Å². The number of hydrogen-bond donors (Lipinski definition) is 1. The van der Waals surface area contributed by atoms with Crippen LogP contribution in [0.5, 0.6) is 5.88 Å². The molecule has 0 aliphatic rings. The molecule has 0 saturated carbocycles. The predicted molar refractivity (Wildman–Crippen MR) is 61.1 cm³/mol. The van der Waals surface area contributed by atoms with Crippen LogP contribution < -0.4 is 10.5 Å². The van der Waals surface area contributed by atoms with Crippen molar-refractivity contribution in [3.63, 3.8) is 0 Å². The summed E-state index contributed by atoms with van der Waals surface area (Å²) in [5, 5.41) is 7.67. The molecule has 0 amide bonds. The Balaban J connectivity index is 2.49. The molecule has 0 spiro atoms. The topological polar surface area (TPSA) is 70.3 Å². The van der Waals surface area contributed by atoms with Crippen LogP contribution >= 0.6 is 0 Å². The van der Waals surface area contributed by atoms with Crippen molar-refractivity contribution in [3.05, 3.63) is 17.8 Å². The molecule has 0 fully saturated rings. The molecule has 5 nitrogen and oxygen atoms in total. The fourth-order valence-electron chi connectivity index (χ4n) is 1.12. The molecule has 2 N–H and O–H groups in total. The van der Waals surface area contributed by atoms with E-state index >= 15 is 0 Å². The van der Waals surface area contributed by atoms with Gasteiger partial charge in [-0.25, -0.2) is 0 Å². The zero-order valence-corrected chi connectivity index (χ0v) is 10.1. The lowest BCUT2D eigenvalue weighted by Gasteiger charge is -2.22. The molecule has 0 aromatic carbocycles. The van der Waals surface area contributed by atoms with Crippen molar-refractivity contribution in [1.29, 1.82) is 0 Å². The van der Waals surface area contributed by atoms with Gasteiger partial charge in [0, 0.05) is 25.6 Å². The Kier molecular flexibility index (Phi) is 4.64. The van der Waals surface area contributed by atoms with Gasteiger partial charge in [-0.15, -0.1) is 5.10 Å². The van der Waals surface area contributed by atoms with E-state index in [0.717, 1.165) is 12.0 Å². The van der Waals surface area contributed by atoms with E-state index in [2.05, 4.69) is 10.2 Å². The molecule has 0 atom stereocenters. The van der Waals surface area contributed by atoms with E-state index in [1.165, 1.54) is 0 Å². The third kappa shape index (κ3) is 3.75. The average molecular weight is 225 g/mol. The van der Waals surface area contributed by atoms with E-state index < -0.39 is 0 Å². The van der Waals surface area contributed by atoms with Crippen LogP contribution in [0.3, 0.4) is 0 Å². The van der Waals surface area contributed by atoms with Crippen molar-refractivity contribution in [2.75, 3.05) is 13.7 Å². The molecule has 0 aliphatic carbocycles. The van der Waals surface area contributed by atoms with Gasteiger partial charge in [0.2, 0.25) is 5.88 Å². The number of ether oxygens (including phenoxy) is 2. The van der Waals surface area contributed by atoms with Gasteiger partial charge in [-0.2, -0.15) is 5.10 Å². The number of hydrogen-bond acceptors (Lipinski definition) is 5. The lowest BCUT2D eigenvalue weighted by molar-refractivity contribution is 0.00492. The maximum atomic E-state index is 5.56. The first kappa shape index (κ1) is 12.9. The average Bonchev–Trinajstić information content (AvgIpc) is 2.29. The third-order valence-electron chi connectivity index (χ3n) is 2.48. The van der Waals surface area contributed by atoms with Gasteiger partial charge in [0.05, 0.1) is 18.4 Å². The van der Waals surface area contributed by atoms with E-state index in [-0.39, 0.29) is 5.60 Å². The molecule has 16 heavy (non-hydrogen) atoms. The summed E-state index contributed by atoms with van der Waals surface area (Å²) in [5.41, 5.74) is 6.24. The summed E-state index contributed by atoms with van der Waals surface area (Å²) < 4.78 is 10.8. The van der Waals surface area contributed by atoms with Crippen LogP contribution in [0, 0.1) is 0 Å². The van der Waals surface area contributed by atoms with Crippen LogP contribution in [-0.2, 0) is 11.3 Å². The third-order valence-corrected chi connectivity index (χ3v) is 2.48. The summed E-state index contributed by atoms with van der Waals surface area (Å²) in [6.45, 7) is 4.96. The molecule has 0 aliphatic heterocycles. The lowest BCUT2D eigenvalue weighted by atomic mass is 10.1. The predicted octanol–water partition coefficient (Wildman–Crippen LogP) is 1.13. The second-order valence-corrected chi connectivity index (χ2v) is 4.13. The first-order valence-electron chi connectivity index (χ1n) is 5.27. The summed E-state index contributed by atoms with van der Waals surface area (Å²) in [6, 6.07) is 1.81. The Labute approximate surface area is 96.0 Å². The molecule has 1 aromatic heterocycles. The minimum absolute atomic E-state index is 0.189. The highest BCUT2D eigenvalue weighted by Gasteiger charge is 2.16. The summed E-state index contributed by atoms with van der Waals surface area (Å²) in [5.74, 6) is 0.511. The van der Waals surface area contributed by atoms with Crippen LogP contribution in [-0.4, -0.2) is 29.5 Å². The number of nitrogens with zero attached hydrogens (tertiary/aromatic N) is 2.